The van der Waals surface area contributed by atoms with Crippen molar-refractivity contribution < 1.29 is 4.74 Å². The van der Waals surface area contributed by atoms with E-state index in [1.54, 1.807) is 11.3 Å². The summed E-state index contributed by atoms with van der Waals surface area (Å²) in [5.74, 6) is 0.564. The number of rotatable bonds is 3. The molecule has 3 unspecified atom stereocenters. The van der Waals surface area contributed by atoms with Gasteiger partial charge in [0, 0.05) is 19.1 Å². The van der Waals surface area contributed by atoms with Gasteiger partial charge in [0.05, 0.1) is 21.3 Å². The quantitative estimate of drug-likeness (QED) is 0.925. The molecule has 4 heteroatoms. The molecule has 0 aliphatic carbocycles. The van der Waals surface area contributed by atoms with Crippen LogP contribution in [0.15, 0.2) is 24.3 Å². The summed E-state index contributed by atoms with van der Waals surface area (Å²) in [5, 5.41) is 1.12. The van der Waals surface area contributed by atoms with Crippen LogP contribution in [0.3, 0.4) is 0 Å². The van der Waals surface area contributed by atoms with Crippen molar-refractivity contribution in [3.8, 4) is 0 Å². The summed E-state index contributed by atoms with van der Waals surface area (Å²) >= 11 is 1.74. The Bertz CT molecular complexity index is 506. The molecule has 1 aliphatic rings. The smallest absolute Gasteiger partial charge is 0.0955 e. The van der Waals surface area contributed by atoms with Gasteiger partial charge in [-0.15, -0.1) is 11.3 Å². The average molecular weight is 262 g/mol. The molecule has 2 N–H and O–H groups in total. The summed E-state index contributed by atoms with van der Waals surface area (Å²) < 4.78 is 6.96. The summed E-state index contributed by atoms with van der Waals surface area (Å²) in [6.45, 7) is 3.06. The fraction of sp³-hybridized carbons (Fsp3) is 0.500. The molecule has 0 amide bonds. The molecule has 1 aliphatic heterocycles. The number of ether oxygens (including phenoxy) is 1. The topological polar surface area (TPSA) is 48.1 Å². The summed E-state index contributed by atoms with van der Waals surface area (Å²) in [4.78, 5) is 4.63. The molecule has 0 spiro atoms. The fourth-order valence-corrected chi connectivity index (χ4v) is 3.63. The van der Waals surface area contributed by atoms with E-state index >= 15 is 0 Å². The second-order valence-electron chi connectivity index (χ2n) is 5.04. The molecule has 3 atom stereocenters. The highest BCUT2D eigenvalue weighted by molar-refractivity contribution is 7.18. The zero-order valence-electron chi connectivity index (χ0n) is 10.5. The van der Waals surface area contributed by atoms with Gasteiger partial charge in [0.1, 0.15) is 0 Å². The van der Waals surface area contributed by atoms with E-state index in [9.17, 15) is 0 Å². The van der Waals surface area contributed by atoms with Crippen LogP contribution in [0.2, 0.25) is 0 Å². The van der Waals surface area contributed by atoms with Crippen molar-refractivity contribution in [1.82, 2.24) is 4.98 Å². The van der Waals surface area contributed by atoms with Crippen LogP contribution in [-0.4, -0.2) is 23.7 Å². The molecule has 2 aromatic rings. The van der Waals surface area contributed by atoms with Gasteiger partial charge in [-0.25, -0.2) is 4.98 Å². The zero-order chi connectivity index (χ0) is 12.5. The number of fused-ring (bicyclic) bond motifs is 1. The van der Waals surface area contributed by atoms with Crippen molar-refractivity contribution in [1.29, 1.82) is 0 Å². The van der Waals surface area contributed by atoms with Crippen molar-refractivity contribution in [3.05, 3.63) is 29.3 Å². The normalized spacial score (nSPS) is 25.7. The Morgan fingerprint density at radius 1 is 1.50 bits per heavy atom. The Kier molecular flexibility index (Phi) is 3.33. The number of hydrogen-bond donors (Lipinski definition) is 1. The van der Waals surface area contributed by atoms with Crippen LogP contribution < -0.4 is 5.73 Å². The van der Waals surface area contributed by atoms with Gasteiger partial charge in [-0.1, -0.05) is 19.1 Å². The molecule has 0 bridgehead atoms. The van der Waals surface area contributed by atoms with Crippen molar-refractivity contribution in [3.63, 3.8) is 0 Å². The van der Waals surface area contributed by atoms with E-state index in [1.165, 1.54) is 4.70 Å². The van der Waals surface area contributed by atoms with E-state index in [4.69, 9.17) is 10.5 Å². The van der Waals surface area contributed by atoms with Crippen LogP contribution in [0.4, 0.5) is 0 Å². The van der Waals surface area contributed by atoms with Gasteiger partial charge in [0.25, 0.3) is 0 Å². The maximum absolute atomic E-state index is 6.26. The van der Waals surface area contributed by atoms with E-state index < -0.39 is 0 Å². The molecule has 1 fully saturated rings. The van der Waals surface area contributed by atoms with Crippen LogP contribution in [0.5, 0.6) is 0 Å². The van der Waals surface area contributed by atoms with E-state index in [0.29, 0.717) is 5.92 Å². The number of para-hydroxylation sites is 1. The third-order valence-corrected chi connectivity index (χ3v) is 4.67. The number of thiazole rings is 1. The molecule has 96 valence electrons. The highest BCUT2D eigenvalue weighted by Crippen LogP contribution is 2.26. The molecule has 2 heterocycles. The standard InChI is InChI=1S/C14H18N2OS/c1-9-6-7-17-14(9)10(15)8-13-16-11-4-2-3-5-12(11)18-13/h2-5,9-10,14H,6-8,15H2,1H3. The van der Waals surface area contributed by atoms with E-state index in [1.807, 2.05) is 12.1 Å². The number of hydrogen-bond acceptors (Lipinski definition) is 4. The minimum atomic E-state index is 0.0584. The van der Waals surface area contributed by atoms with Gasteiger partial charge in [-0.3, -0.25) is 0 Å². The van der Waals surface area contributed by atoms with Crippen molar-refractivity contribution >= 4 is 21.6 Å². The fourth-order valence-electron chi connectivity index (χ4n) is 2.59. The first-order valence-corrected chi connectivity index (χ1v) is 7.27. The number of nitrogens with two attached hydrogens (primary N) is 1. The van der Waals surface area contributed by atoms with Gasteiger partial charge in [0.15, 0.2) is 0 Å². The second kappa shape index (κ2) is 4.96. The molecule has 1 saturated heterocycles. The van der Waals surface area contributed by atoms with Crippen LogP contribution in [-0.2, 0) is 11.2 Å². The van der Waals surface area contributed by atoms with Gasteiger partial charge in [0.2, 0.25) is 0 Å². The monoisotopic (exact) mass is 262 g/mol. The first-order chi connectivity index (χ1) is 8.74. The summed E-state index contributed by atoms with van der Waals surface area (Å²) in [7, 11) is 0. The maximum atomic E-state index is 6.26. The Balaban J connectivity index is 1.75. The van der Waals surface area contributed by atoms with E-state index in [2.05, 4.69) is 24.0 Å². The molecule has 0 radical (unpaired) electrons. The van der Waals surface area contributed by atoms with Gasteiger partial charge >= 0.3 is 0 Å². The second-order valence-corrected chi connectivity index (χ2v) is 6.16. The summed E-state index contributed by atoms with van der Waals surface area (Å²) in [5.41, 5.74) is 7.34. The molecule has 3 nitrogen and oxygen atoms in total. The molecular weight excluding hydrogens is 244 g/mol. The predicted octanol–water partition coefficient (Wildman–Crippen LogP) is 2.59. The summed E-state index contributed by atoms with van der Waals surface area (Å²) in [6.07, 6.45) is 2.13. The molecule has 3 rings (SSSR count). The highest BCUT2D eigenvalue weighted by Gasteiger charge is 2.30. The predicted molar refractivity (Wildman–Crippen MR) is 74.8 cm³/mol. The van der Waals surface area contributed by atoms with Crippen LogP contribution >= 0.6 is 11.3 Å². The lowest BCUT2D eigenvalue weighted by Gasteiger charge is -2.21. The minimum Gasteiger partial charge on any atom is -0.376 e. The van der Waals surface area contributed by atoms with Crippen molar-refractivity contribution in [2.24, 2.45) is 11.7 Å². The van der Waals surface area contributed by atoms with Crippen LogP contribution in [0.25, 0.3) is 10.2 Å². The Labute approximate surface area is 111 Å². The lowest BCUT2D eigenvalue weighted by molar-refractivity contribution is 0.0726. The molecule has 1 aromatic carbocycles. The third-order valence-electron chi connectivity index (χ3n) is 3.61. The Morgan fingerprint density at radius 3 is 3.06 bits per heavy atom. The SMILES string of the molecule is CC1CCOC1C(N)Cc1nc2ccccc2s1. The molecular formula is C14H18N2OS. The minimum absolute atomic E-state index is 0.0584. The number of aromatic nitrogens is 1. The molecule has 1 aromatic heterocycles. The Morgan fingerprint density at radius 2 is 2.33 bits per heavy atom. The highest BCUT2D eigenvalue weighted by atomic mass is 32.1. The molecule has 18 heavy (non-hydrogen) atoms. The summed E-state index contributed by atoms with van der Waals surface area (Å²) in [6, 6.07) is 8.29. The van der Waals surface area contributed by atoms with Gasteiger partial charge in [-0.05, 0) is 24.5 Å². The largest absolute Gasteiger partial charge is 0.376 e. The lowest BCUT2D eigenvalue weighted by atomic mass is 9.96. The van der Waals surface area contributed by atoms with Crippen molar-refractivity contribution in [2.45, 2.75) is 31.9 Å². The Hall–Kier alpha value is -0.970. The lowest BCUT2D eigenvalue weighted by Crippen LogP contribution is -2.39. The molecule has 0 saturated carbocycles. The van der Waals surface area contributed by atoms with Crippen molar-refractivity contribution in [2.75, 3.05) is 6.61 Å². The zero-order valence-corrected chi connectivity index (χ0v) is 11.3. The third kappa shape index (κ3) is 2.28. The van der Waals surface area contributed by atoms with Gasteiger partial charge in [-0.2, -0.15) is 0 Å². The van der Waals surface area contributed by atoms with Crippen LogP contribution in [0.1, 0.15) is 18.4 Å². The van der Waals surface area contributed by atoms with E-state index in [-0.39, 0.29) is 12.1 Å². The van der Waals surface area contributed by atoms with Gasteiger partial charge < -0.3 is 10.5 Å². The number of nitrogens with zero attached hydrogens (tertiary/aromatic N) is 1. The average Bonchev–Trinajstić information content (AvgIpc) is 2.94. The number of benzene rings is 1. The first-order valence-electron chi connectivity index (χ1n) is 6.45. The van der Waals surface area contributed by atoms with E-state index in [0.717, 1.165) is 30.0 Å². The van der Waals surface area contributed by atoms with Crippen LogP contribution in [0, 0.1) is 5.92 Å². The first kappa shape index (κ1) is 12.1. The maximum Gasteiger partial charge on any atom is 0.0955 e.